The molecule has 1 heterocycles. The number of aromatic nitrogens is 1. The van der Waals surface area contributed by atoms with Crippen LogP contribution in [0, 0.1) is 0 Å². The molecule has 0 aliphatic carbocycles. The summed E-state index contributed by atoms with van der Waals surface area (Å²) in [4.78, 5) is 15.9. The second-order valence-corrected chi connectivity index (χ2v) is 3.83. The van der Waals surface area contributed by atoms with E-state index in [9.17, 15) is 4.79 Å². The van der Waals surface area contributed by atoms with Gasteiger partial charge in [-0.3, -0.25) is 0 Å². The van der Waals surface area contributed by atoms with Gasteiger partial charge in [-0.1, -0.05) is 6.08 Å². The Morgan fingerprint density at radius 2 is 2.53 bits per heavy atom. The van der Waals surface area contributed by atoms with Gasteiger partial charge in [0.1, 0.15) is 9.88 Å². The number of carbonyl (C=O) groups is 1. The van der Waals surface area contributed by atoms with Crippen molar-refractivity contribution in [3.8, 4) is 0 Å². The molecule has 0 amide bonds. The molecule has 82 valence electrons. The van der Waals surface area contributed by atoms with Gasteiger partial charge in [0, 0.05) is 0 Å². The van der Waals surface area contributed by atoms with Crippen LogP contribution in [0.2, 0.25) is 0 Å². The monoisotopic (exact) mass is 226 g/mol. The van der Waals surface area contributed by atoms with Crippen molar-refractivity contribution in [2.75, 3.05) is 13.2 Å². The smallest absolute Gasteiger partial charge is 0.349 e. The van der Waals surface area contributed by atoms with Crippen LogP contribution in [0.5, 0.6) is 0 Å². The van der Waals surface area contributed by atoms with E-state index in [1.54, 1.807) is 6.92 Å². The number of hydrogen-bond donors (Lipinski definition) is 1. The van der Waals surface area contributed by atoms with E-state index in [4.69, 9.17) is 10.5 Å². The molecule has 0 aromatic carbocycles. The van der Waals surface area contributed by atoms with Crippen LogP contribution in [0.25, 0.3) is 6.08 Å². The zero-order valence-electron chi connectivity index (χ0n) is 8.60. The fourth-order valence-corrected chi connectivity index (χ4v) is 1.68. The molecule has 0 saturated heterocycles. The van der Waals surface area contributed by atoms with Crippen molar-refractivity contribution in [3.05, 3.63) is 22.2 Å². The third-order valence-corrected chi connectivity index (χ3v) is 2.54. The number of ether oxygens (including phenoxy) is 1. The summed E-state index contributed by atoms with van der Waals surface area (Å²) in [6.45, 7) is 2.78. The topological polar surface area (TPSA) is 65.2 Å². The van der Waals surface area contributed by atoms with Gasteiger partial charge in [-0.05, 0) is 26.0 Å². The van der Waals surface area contributed by atoms with Crippen molar-refractivity contribution in [1.82, 2.24) is 4.98 Å². The van der Waals surface area contributed by atoms with Gasteiger partial charge in [-0.25, -0.2) is 9.78 Å². The van der Waals surface area contributed by atoms with Gasteiger partial charge in [0.15, 0.2) is 0 Å². The van der Waals surface area contributed by atoms with Crippen LogP contribution in [-0.2, 0) is 4.74 Å². The minimum absolute atomic E-state index is 0.312. The molecule has 4 nitrogen and oxygen atoms in total. The van der Waals surface area contributed by atoms with E-state index < -0.39 is 0 Å². The first-order chi connectivity index (χ1) is 7.27. The third kappa shape index (κ3) is 3.81. The van der Waals surface area contributed by atoms with Gasteiger partial charge >= 0.3 is 5.97 Å². The van der Waals surface area contributed by atoms with Crippen molar-refractivity contribution in [1.29, 1.82) is 0 Å². The Morgan fingerprint density at radius 3 is 3.20 bits per heavy atom. The Bertz CT molecular complexity index is 347. The summed E-state index contributed by atoms with van der Waals surface area (Å²) < 4.78 is 4.85. The second kappa shape index (κ2) is 6.31. The van der Waals surface area contributed by atoms with Crippen LogP contribution in [0.4, 0.5) is 0 Å². The summed E-state index contributed by atoms with van der Waals surface area (Å²) in [6.07, 6.45) is 6.15. The van der Waals surface area contributed by atoms with Gasteiger partial charge in [0.25, 0.3) is 0 Å². The lowest BCUT2D eigenvalue weighted by Crippen LogP contribution is -2.01. The molecule has 2 N–H and O–H groups in total. The van der Waals surface area contributed by atoms with E-state index in [0.717, 1.165) is 11.4 Å². The highest BCUT2D eigenvalue weighted by Gasteiger charge is 2.09. The fraction of sp³-hybridized carbons (Fsp3) is 0.400. The maximum atomic E-state index is 11.3. The highest BCUT2D eigenvalue weighted by molar-refractivity contribution is 7.14. The average Bonchev–Trinajstić information content (AvgIpc) is 2.67. The molecule has 15 heavy (non-hydrogen) atoms. The molecule has 1 rings (SSSR count). The Kier molecular flexibility index (Phi) is 5.00. The largest absolute Gasteiger partial charge is 0.462 e. The zero-order valence-corrected chi connectivity index (χ0v) is 9.42. The van der Waals surface area contributed by atoms with Crippen molar-refractivity contribution in [2.24, 2.45) is 5.73 Å². The number of esters is 1. The Morgan fingerprint density at radius 1 is 1.73 bits per heavy atom. The van der Waals surface area contributed by atoms with Crippen LogP contribution in [0.15, 0.2) is 12.3 Å². The molecule has 0 fully saturated rings. The molecule has 1 aromatic heterocycles. The second-order valence-electron chi connectivity index (χ2n) is 2.76. The van der Waals surface area contributed by atoms with Crippen LogP contribution < -0.4 is 5.73 Å². The van der Waals surface area contributed by atoms with E-state index in [1.807, 2.05) is 12.2 Å². The molecule has 0 aliphatic heterocycles. The molecule has 5 heteroatoms. The van der Waals surface area contributed by atoms with Crippen molar-refractivity contribution >= 4 is 23.4 Å². The Hall–Kier alpha value is -1.20. The highest BCUT2D eigenvalue weighted by Crippen LogP contribution is 2.15. The van der Waals surface area contributed by atoms with Crippen LogP contribution in [0.1, 0.15) is 28.0 Å². The number of thiazole rings is 1. The molecule has 0 bridgehead atoms. The molecular weight excluding hydrogens is 212 g/mol. The zero-order chi connectivity index (χ0) is 11.1. The molecule has 0 unspecified atom stereocenters. The number of carbonyl (C=O) groups excluding carboxylic acids is 1. The summed E-state index contributed by atoms with van der Waals surface area (Å²) in [5.74, 6) is -0.312. The normalized spacial score (nSPS) is 10.8. The lowest BCUT2D eigenvalue weighted by Gasteiger charge is -1.95. The number of nitrogens with zero attached hydrogens (tertiary/aromatic N) is 1. The highest BCUT2D eigenvalue weighted by atomic mass is 32.1. The van der Waals surface area contributed by atoms with E-state index in [-0.39, 0.29) is 5.97 Å². The van der Waals surface area contributed by atoms with Crippen molar-refractivity contribution in [3.63, 3.8) is 0 Å². The first-order valence-electron chi connectivity index (χ1n) is 4.77. The van der Waals surface area contributed by atoms with Crippen LogP contribution >= 0.6 is 11.3 Å². The molecule has 0 aliphatic rings. The molecular formula is C10H14N2O2S. The first kappa shape index (κ1) is 11.9. The van der Waals surface area contributed by atoms with E-state index in [0.29, 0.717) is 18.0 Å². The van der Waals surface area contributed by atoms with E-state index >= 15 is 0 Å². The lowest BCUT2D eigenvalue weighted by molar-refractivity contribution is 0.0532. The predicted octanol–water partition coefficient (Wildman–Crippen LogP) is 1.68. The molecule has 0 radical (unpaired) electrons. The summed E-state index contributed by atoms with van der Waals surface area (Å²) in [6, 6.07) is 0. The van der Waals surface area contributed by atoms with E-state index in [1.165, 1.54) is 17.5 Å². The molecule has 0 spiro atoms. The molecule has 0 atom stereocenters. The molecule has 1 aromatic rings. The van der Waals surface area contributed by atoms with Gasteiger partial charge in [-0.2, -0.15) is 0 Å². The summed E-state index contributed by atoms with van der Waals surface area (Å²) in [7, 11) is 0. The fourth-order valence-electron chi connectivity index (χ4n) is 0.942. The average molecular weight is 226 g/mol. The van der Waals surface area contributed by atoms with Gasteiger partial charge in [0.2, 0.25) is 0 Å². The van der Waals surface area contributed by atoms with Crippen LogP contribution in [-0.4, -0.2) is 24.1 Å². The van der Waals surface area contributed by atoms with E-state index in [2.05, 4.69) is 4.98 Å². The maximum Gasteiger partial charge on any atom is 0.349 e. The third-order valence-electron chi connectivity index (χ3n) is 1.59. The first-order valence-corrected chi connectivity index (χ1v) is 5.59. The van der Waals surface area contributed by atoms with Crippen molar-refractivity contribution in [2.45, 2.75) is 13.3 Å². The van der Waals surface area contributed by atoms with Gasteiger partial charge in [-0.15, -0.1) is 11.3 Å². The number of nitrogens with two attached hydrogens (primary N) is 1. The predicted molar refractivity (Wildman–Crippen MR) is 60.8 cm³/mol. The van der Waals surface area contributed by atoms with Gasteiger partial charge < -0.3 is 10.5 Å². The SMILES string of the molecule is CCOC(=O)c1cnc(C=CCCN)s1. The standard InChI is InChI=1S/C10H14N2O2S/c1-2-14-10(13)8-7-12-9(15-8)5-3-4-6-11/h3,5,7H,2,4,6,11H2,1H3. The molecule has 0 saturated carbocycles. The minimum atomic E-state index is -0.312. The maximum absolute atomic E-state index is 11.3. The summed E-state index contributed by atoms with van der Waals surface area (Å²) in [5.41, 5.74) is 5.34. The summed E-state index contributed by atoms with van der Waals surface area (Å²) in [5, 5.41) is 0.798. The quantitative estimate of drug-likeness (QED) is 0.776. The van der Waals surface area contributed by atoms with Crippen molar-refractivity contribution < 1.29 is 9.53 Å². The number of rotatable bonds is 5. The Balaban J connectivity index is 2.59. The van der Waals surface area contributed by atoms with Gasteiger partial charge in [0.05, 0.1) is 12.8 Å². The number of hydrogen-bond acceptors (Lipinski definition) is 5. The minimum Gasteiger partial charge on any atom is -0.462 e. The summed E-state index contributed by atoms with van der Waals surface area (Å²) >= 11 is 1.32. The lowest BCUT2D eigenvalue weighted by atomic mass is 10.4. The Labute approximate surface area is 92.8 Å². The van der Waals surface area contributed by atoms with Crippen LogP contribution in [0.3, 0.4) is 0 Å².